The fourth-order valence-electron chi connectivity index (χ4n) is 1.67. The lowest BCUT2D eigenvalue weighted by Gasteiger charge is -2.32. The largest absolute Gasteiger partial charge is 0.347 e. The second-order valence-corrected chi connectivity index (χ2v) is 6.09. The fourth-order valence-corrected chi connectivity index (χ4v) is 3.67. The summed E-state index contributed by atoms with van der Waals surface area (Å²) in [5.41, 5.74) is -0.432. The van der Waals surface area contributed by atoms with Crippen molar-refractivity contribution in [3.8, 4) is 0 Å². The van der Waals surface area contributed by atoms with Gasteiger partial charge in [0, 0.05) is 11.8 Å². The summed E-state index contributed by atoms with van der Waals surface area (Å²) in [7, 11) is 0. The molecule has 1 fully saturated rings. The van der Waals surface area contributed by atoms with Crippen molar-refractivity contribution in [2.45, 2.75) is 43.4 Å². The Morgan fingerprint density at radius 3 is 2.56 bits per heavy atom. The number of halogens is 2. The number of hydrogen-bond acceptors (Lipinski definition) is 2. The molecule has 0 aromatic rings. The Bertz CT molecular complexity index is 220. The summed E-state index contributed by atoms with van der Waals surface area (Å²) in [5.74, 6) is 1.93. The summed E-state index contributed by atoms with van der Waals surface area (Å²) in [4.78, 5) is 12.0. The van der Waals surface area contributed by atoms with Gasteiger partial charge in [0.15, 0.2) is 0 Å². The number of thioether (sulfide) groups is 1. The van der Waals surface area contributed by atoms with Gasteiger partial charge in [-0.05, 0) is 25.0 Å². The van der Waals surface area contributed by atoms with Gasteiger partial charge < -0.3 is 5.32 Å². The molecule has 1 N–H and O–H groups in total. The number of amides is 1. The molecule has 1 aliphatic heterocycles. The molecule has 1 amide bonds. The molecule has 1 atom stereocenters. The second kappa shape index (κ2) is 6.97. The zero-order valence-corrected chi connectivity index (χ0v) is 11.9. The molecule has 1 saturated heterocycles. The highest BCUT2D eigenvalue weighted by Crippen LogP contribution is 2.26. The Morgan fingerprint density at radius 2 is 2.12 bits per heavy atom. The van der Waals surface area contributed by atoms with E-state index in [2.05, 4.69) is 5.32 Å². The average molecular weight is 284 g/mol. The van der Waals surface area contributed by atoms with E-state index in [0.29, 0.717) is 11.8 Å². The van der Waals surface area contributed by atoms with Crippen molar-refractivity contribution < 1.29 is 4.79 Å². The summed E-state index contributed by atoms with van der Waals surface area (Å²) < 4.78 is 0. The Labute approximate surface area is 112 Å². The van der Waals surface area contributed by atoms with Crippen LogP contribution in [0.5, 0.6) is 0 Å². The summed E-state index contributed by atoms with van der Waals surface area (Å²) in [6, 6.07) is 0. The van der Waals surface area contributed by atoms with Gasteiger partial charge in [-0.1, -0.05) is 13.3 Å². The van der Waals surface area contributed by atoms with Crippen LogP contribution in [-0.2, 0) is 4.79 Å². The number of alkyl halides is 2. The predicted molar refractivity (Wildman–Crippen MR) is 72.7 cm³/mol. The van der Waals surface area contributed by atoms with Crippen molar-refractivity contribution in [3.05, 3.63) is 0 Å². The molecule has 1 aliphatic rings. The van der Waals surface area contributed by atoms with Gasteiger partial charge in [-0.25, -0.2) is 0 Å². The molecule has 0 aromatic carbocycles. The number of carbonyl (C=O) groups is 1. The minimum Gasteiger partial charge on any atom is -0.347 e. The highest BCUT2D eigenvalue weighted by atomic mass is 35.5. The van der Waals surface area contributed by atoms with Gasteiger partial charge in [0.05, 0.1) is 10.8 Å². The lowest BCUT2D eigenvalue weighted by Crippen LogP contribution is -2.54. The van der Waals surface area contributed by atoms with Gasteiger partial charge >= 0.3 is 0 Å². The topological polar surface area (TPSA) is 29.1 Å². The zero-order valence-electron chi connectivity index (χ0n) is 9.60. The molecule has 2 nitrogen and oxygen atoms in total. The number of rotatable bonds is 5. The summed E-state index contributed by atoms with van der Waals surface area (Å²) >= 11 is 13.5. The van der Waals surface area contributed by atoms with Crippen LogP contribution < -0.4 is 5.32 Å². The molecule has 16 heavy (non-hydrogen) atoms. The standard InChI is InChI=1S/C11H19Cl2NOS/c1-2-11(7-12,8-13)14-10(15)9-5-3-4-6-16-9/h9H,2-8H2,1H3,(H,14,15). The average Bonchev–Trinajstić information content (AvgIpc) is 2.37. The molecule has 0 aliphatic carbocycles. The molecule has 1 heterocycles. The van der Waals surface area contributed by atoms with Gasteiger partial charge in [-0.2, -0.15) is 0 Å². The number of carbonyl (C=O) groups excluding carboxylic acids is 1. The molecule has 0 bridgehead atoms. The maximum absolute atomic E-state index is 12.0. The highest BCUT2D eigenvalue weighted by Gasteiger charge is 2.31. The Hall–Kier alpha value is 0.400. The van der Waals surface area contributed by atoms with Gasteiger partial charge in [0.1, 0.15) is 0 Å². The Balaban J connectivity index is 2.53. The third-order valence-corrected chi connectivity index (χ3v) is 5.45. The number of nitrogens with one attached hydrogen (secondary N) is 1. The van der Waals surface area contributed by atoms with Crippen LogP contribution in [0.4, 0.5) is 0 Å². The minimum absolute atomic E-state index is 0.0890. The molecular weight excluding hydrogens is 265 g/mol. The molecule has 0 radical (unpaired) electrons. The van der Waals surface area contributed by atoms with E-state index in [0.717, 1.165) is 25.0 Å². The van der Waals surface area contributed by atoms with Gasteiger partial charge in [0.25, 0.3) is 0 Å². The van der Waals surface area contributed by atoms with Gasteiger partial charge in [-0.3, -0.25) is 4.79 Å². The summed E-state index contributed by atoms with van der Waals surface area (Å²) in [6.07, 6.45) is 4.11. The maximum Gasteiger partial charge on any atom is 0.233 e. The molecule has 94 valence electrons. The second-order valence-electron chi connectivity index (χ2n) is 4.25. The van der Waals surface area contributed by atoms with Crippen LogP contribution in [0.1, 0.15) is 32.6 Å². The van der Waals surface area contributed by atoms with E-state index in [4.69, 9.17) is 23.2 Å². The SMILES string of the molecule is CCC(CCl)(CCl)NC(=O)C1CCCCS1. The highest BCUT2D eigenvalue weighted by molar-refractivity contribution is 8.00. The normalized spacial score (nSPS) is 21.8. The third kappa shape index (κ3) is 3.71. The van der Waals surface area contributed by atoms with Crippen LogP contribution in [0, 0.1) is 0 Å². The molecular formula is C11H19Cl2NOS. The van der Waals surface area contributed by atoms with Crippen molar-refractivity contribution in [2.24, 2.45) is 0 Å². The predicted octanol–water partition coefficient (Wildman–Crippen LogP) is 3.01. The first-order chi connectivity index (χ1) is 7.67. The van der Waals surface area contributed by atoms with Crippen LogP contribution in [0.3, 0.4) is 0 Å². The zero-order chi connectivity index (χ0) is 12.0. The fraction of sp³-hybridized carbons (Fsp3) is 0.909. The van der Waals surface area contributed by atoms with E-state index in [9.17, 15) is 4.79 Å². The Kier molecular flexibility index (Phi) is 6.30. The van der Waals surface area contributed by atoms with E-state index in [1.807, 2.05) is 6.92 Å². The van der Waals surface area contributed by atoms with Crippen molar-refractivity contribution in [3.63, 3.8) is 0 Å². The van der Waals surface area contributed by atoms with E-state index >= 15 is 0 Å². The quantitative estimate of drug-likeness (QED) is 0.786. The summed E-state index contributed by atoms with van der Waals surface area (Å²) in [5, 5.41) is 3.11. The first-order valence-corrected chi connectivity index (χ1v) is 7.85. The first kappa shape index (κ1) is 14.5. The molecule has 0 aromatic heterocycles. The first-order valence-electron chi connectivity index (χ1n) is 5.73. The van der Waals surface area contributed by atoms with Crippen molar-refractivity contribution in [2.75, 3.05) is 17.5 Å². The van der Waals surface area contributed by atoms with E-state index in [1.54, 1.807) is 11.8 Å². The third-order valence-electron chi connectivity index (χ3n) is 3.05. The van der Waals surface area contributed by atoms with E-state index < -0.39 is 5.54 Å². The summed E-state index contributed by atoms with van der Waals surface area (Å²) in [6.45, 7) is 2.00. The van der Waals surface area contributed by atoms with Crippen LogP contribution in [0.15, 0.2) is 0 Å². The monoisotopic (exact) mass is 283 g/mol. The lowest BCUT2D eigenvalue weighted by atomic mass is 10.0. The maximum atomic E-state index is 12.0. The van der Waals surface area contributed by atoms with Crippen LogP contribution in [0.25, 0.3) is 0 Å². The lowest BCUT2D eigenvalue weighted by molar-refractivity contribution is -0.122. The van der Waals surface area contributed by atoms with Crippen LogP contribution in [0.2, 0.25) is 0 Å². The molecule has 1 rings (SSSR count). The van der Waals surface area contributed by atoms with Gasteiger partial charge in [-0.15, -0.1) is 35.0 Å². The van der Waals surface area contributed by atoms with E-state index in [1.165, 1.54) is 6.42 Å². The van der Waals surface area contributed by atoms with Crippen LogP contribution in [-0.4, -0.2) is 34.2 Å². The van der Waals surface area contributed by atoms with Crippen molar-refractivity contribution >= 4 is 40.9 Å². The van der Waals surface area contributed by atoms with Crippen molar-refractivity contribution in [1.82, 2.24) is 5.32 Å². The van der Waals surface area contributed by atoms with Gasteiger partial charge in [0.2, 0.25) is 5.91 Å². The minimum atomic E-state index is -0.432. The van der Waals surface area contributed by atoms with Crippen molar-refractivity contribution in [1.29, 1.82) is 0 Å². The molecule has 0 spiro atoms. The van der Waals surface area contributed by atoms with Crippen LogP contribution >= 0.6 is 35.0 Å². The Morgan fingerprint density at radius 1 is 1.44 bits per heavy atom. The molecule has 0 saturated carbocycles. The van der Waals surface area contributed by atoms with E-state index in [-0.39, 0.29) is 11.2 Å². The molecule has 1 unspecified atom stereocenters. The number of hydrogen-bond donors (Lipinski definition) is 1. The smallest absolute Gasteiger partial charge is 0.233 e. The molecule has 5 heteroatoms.